The molecule has 0 aliphatic heterocycles. The largest absolute Gasteiger partial charge is 0.481 e. The highest BCUT2D eigenvalue weighted by molar-refractivity contribution is 7.89. The zero-order chi connectivity index (χ0) is 12.2. The average Bonchev–Trinajstić information content (AvgIpc) is 2.28. The van der Waals surface area contributed by atoms with Crippen molar-refractivity contribution in [1.29, 1.82) is 0 Å². The second-order valence-corrected chi connectivity index (χ2v) is 5.01. The number of pyridine rings is 1. The molecule has 0 bridgehead atoms. The summed E-state index contributed by atoms with van der Waals surface area (Å²) in [5.41, 5.74) is 5.34. The molecule has 1 heterocycles. The Morgan fingerprint density at radius 3 is 2.59 bits per heavy atom. The third kappa shape index (κ3) is 4.47. The Hall–Kier alpha value is -0.890. The molecule has 98 valence electrons. The highest BCUT2D eigenvalue weighted by atomic mass is 35.5. The van der Waals surface area contributed by atoms with Crippen LogP contribution in [0.15, 0.2) is 23.2 Å². The molecule has 6 nitrogen and oxygen atoms in total. The second-order valence-electron chi connectivity index (χ2n) is 3.29. The molecule has 0 spiro atoms. The van der Waals surface area contributed by atoms with Crippen molar-refractivity contribution in [2.45, 2.75) is 17.9 Å². The van der Waals surface area contributed by atoms with E-state index in [-0.39, 0.29) is 29.9 Å². The van der Waals surface area contributed by atoms with E-state index < -0.39 is 10.0 Å². The van der Waals surface area contributed by atoms with Gasteiger partial charge in [-0.3, -0.25) is 0 Å². The lowest BCUT2D eigenvalue weighted by molar-refractivity contribution is 0.397. The zero-order valence-corrected chi connectivity index (χ0v) is 11.2. The van der Waals surface area contributed by atoms with Crippen LogP contribution in [0.5, 0.6) is 5.88 Å². The van der Waals surface area contributed by atoms with E-state index in [1.54, 1.807) is 6.92 Å². The van der Waals surface area contributed by atoms with Gasteiger partial charge in [-0.15, -0.1) is 12.4 Å². The van der Waals surface area contributed by atoms with Crippen molar-refractivity contribution in [1.82, 2.24) is 9.71 Å². The van der Waals surface area contributed by atoms with Gasteiger partial charge < -0.3 is 10.5 Å². The first-order chi connectivity index (χ1) is 7.49. The topological polar surface area (TPSA) is 94.3 Å². The van der Waals surface area contributed by atoms with Crippen LogP contribution >= 0.6 is 12.4 Å². The summed E-state index contributed by atoms with van der Waals surface area (Å²) >= 11 is 0. The Labute approximate surface area is 107 Å². The van der Waals surface area contributed by atoms with Crippen LogP contribution < -0.4 is 15.2 Å². The van der Waals surface area contributed by atoms with Crippen LogP contribution in [0.4, 0.5) is 0 Å². The summed E-state index contributed by atoms with van der Waals surface area (Å²) in [5.74, 6) is 0.367. The second kappa shape index (κ2) is 6.75. The monoisotopic (exact) mass is 281 g/mol. The first kappa shape index (κ1) is 16.1. The number of methoxy groups -OCH3 is 1. The number of aromatic nitrogens is 1. The molecule has 0 aliphatic carbocycles. The molecule has 1 aromatic heterocycles. The summed E-state index contributed by atoms with van der Waals surface area (Å²) in [6, 6.07) is 2.60. The molecule has 0 saturated heterocycles. The lowest BCUT2D eigenvalue weighted by atomic mass is 10.4. The fourth-order valence-electron chi connectivity index (χ4n) is 1.03. The fourth-order valence-corrected chi connectivity index (χ4v) is 2.23. The minimum atomic E-state index is -3.54. The summed E-state index contributed by atoms with van der Waals surface area (Å²) in [5, 5.41) is 0. The molecule has 1 aromatic rings. The summed E-state index contributed by atoms with van der Waals surface area (Å²) < 4.78 is 30.8. The van der Waals surface area contributed by atoms with Gasteiger partial charge >= 0.3 is 0 Å². The molecule has 0 unspecified atom stereocenters. The van der Waals surface area contributed by atoms with Crippen LogP contribution in [0.25, 0.3) is 0 Å². The number of hydrogen-bond acceptors (Lipinski definition) is 5. The Kier molecular flexibility index (Phi) is 6.40. The van der Waals surface area contributed by atoms with Gasteiger partial charge in [0.25, 0.3) is 0 Å². The van der Waals surface area contributed by atoms with E-state index in [0.717, 1.165) is 0 Å². The summed E-state index contributed by atoms with van der Waals surface area (Å²) in [7, 11) is -2.08. The Balaban J connectivity index is 0.00000256. The molecule has 0 aromatic carbocycles. The number of rotatable bonds is 5. The van der Waals surface area contributed by atoms with E-state index in [9.17, 15) is 8.42 Å². The molecule has 0 radical (unpaired) electrons. The van der Waals surface area contributed by atoms with E-state index in [1.165, 1.54) is 25.4 Å². The third-order valence-corrected chi connectivity index (χ3v) is 3.51. The molecule has 1 rings (SSSR count). The lowest BCUT2D eigenvalue weighted by Crippen LogP contribution is -2.37. The molecular formula is C9H16ClN3O3S. The molecule has 0 amide bonds. The van der Waals surface area contributed by atoms with E-state index in [4.69, 9.17) is 10.5 Å². The zero-order valence-electron chi connectivity index (χ0n) is 9.58. The van der Waals surface area contributed by atoms with Crippen LogP contribution in [-0.4, -0.2) is 33.1 Å². The average molecular weight is 282 g/mol. The molecule has 0 saturated carbocycles. The Morgan fingerprint density at radius 2 is 2.18 bits per heavy atom. The molecule has 17 heavy (non-hydrogen) atoms. The highest BCUT2D eigenvalue weighted by Crippen LogP contribution is 2.11. The number of ether oxygens (including phenoxy) is 1. The number of nitrogens with one attached hydrogen (secondary N) is 1. The molecular weight excluding hydrogens is 266 g/mol. The number of sulfonamides is 1. The van der Waals surface area contributed by atoms with Gasteiger partial charge in [0.15, 0.2) is 0 Å². The normalized spacial score (nSPS) is 12.6. The van der Waals surface area contributed by atoms with Crippen molar-refractivity contribution in [2.75, 3.05) is 13.7 Å². The van der Waals surface area contributed by atoms with Gasteiger partial charge in [-0.25, -0.2) is 18.1 Å². The van der Waals surface area contributed by atoms with E-state index in [0.29, 0.717) is 5.88 Å². The van der Waals surface area contributed by atoms with Crippen molar-refractivity contribution in [3.8, 4) is 5.88 Å². The van der Waals surface area contributed by atoms with Crippen molar-refractivity contribution in [2.24, 2.45) is 5.73 Å². The lowest BCUT2D eigenvalue weighted by Gasteiger charge is -2.11. The van der Waals surface area contributed by atoms with E-state index in [2.05, 4.69) is 9.71 Å². The van der Waals surface area contributed by atoms with Crippen molar-refractivity contribution in [3.63, 3.8) is 0 Å². The highest BCUT2D eigenvalue weighted by Gasteiger charge is 2.16. The van der Waals surface area contributed by atoms with Gasteiger partial charge in [0.1, 0.15) is 4.90 Å². The van der Waals surface area contributed by atoms with Gasteiger partial charge in [0.05, 0.1) is 13.3 Å². The maximum Gasteiger partial charge on any atom is 0.242 e. The quantitative estimate of drug-likeness (QED) is 0.800. The van der Waals surface area contributed by atoms with Crippen molar-refractivity contribution >= 4 is 22.4 Å². The van der Waals surface area contributed by atoms with E-state index >= 15 is 0 Å². The first-order valence-corrected chi connectivity index (χ1v) is 6.20. The van der Waals surface area contributed by atoms with Crippen LogP contribution in [0.3, 0.4) is 0 Å². The maximum atomic E-state index is 11.8. The van der Waals surface area contributed by atoms with Gasteiger partial charge in [-0.05, 0) is 13.0 Å². The first-order valence-electron chi connectivity index (χ1n) is 4.72. The minimum absolute atomic E-state index is 0. The van der Waals surface area contributed by atoms with Crippen molar-refractivity contribution in [3.05, 3.63) is 18.3 Å². The molecule has 8 heteroatoms. The fraction of sp³-hybridized carbons (Fsp3) is 0.444. The number of nitrogens with zero attached hydrogens (tertiary/aromatic N) is 1. The number of hydrogen-bond donors (Lipinski definition) is 2. The van der Waals surface area contributed by atoms with Gasteiger partial charge in [0.2, 0.25) is 15.9 Å². The molecule has 0 aliphatic rings. The van der Waals surface area contributed by atoms with Crippen LogP contribution in [0.2, 0.25) is 0 Å². The minimum Gasteiger partial charge on any atom is -0.481 e. The SMILES string of the molecule is COc1ccc(S(=O)(=O)N[C@@H](C)CN)cn1.Cl. The van der Waals surface area contributed by atoms with Crippen LogP contribution in [-0.2, 0) is 10.0 Å². The Morgan fingerprint density at radius 1 is 1.53 bits per heavy atom. The Bertz CT molecular complexity index is 435. The van der Waals surface area contributed by atoms with E-state index in [1.807, 2.05) is 0 Å². The maximum absolute atomic E-state index is 11.8. The summed E-state index contributed by atoms with van der Waals surface area (Å²) in [4.78, 5) is 3.92. The van der Waals surface area contributed by atoms with Crippen LogP contribution in [0, 0.1) is 0 Å². The van der Waals surface area contributed by atoms with Crippen molar-refractivity contribution < 1.29 is 13.2 Å². The predicted molar refractivity (Wildman–Crippen MR) is 66.9 cm³/mol. The predicted octanol–water partition coefficient (Wildman–Crippen LogP) is 0.138. The summed E-state index contributed by atoms with van der Waals surface area (Å²) in [6.07, 6.45) is 1.24. The van der Waals surface area contributed by atoms with Gasteiger partial charge in [-0.2, -0.15) is 0 Å². The van der Waals surface area contributed by atoms with Gasteiger partial charge in [-0.1, -0.05) is 0 Å². The number of halogens is 1. The number of nitrogens with two attached hydrogens (primary N) is 1. The molecule has 3 N–H and O–H groups in total. The van der Waals surface area contributed by atoms with Crippen LogP contribution in [0.1, 0.15) is 6.92 Å². The smallest absolute Gasteiger partial charge is 0.242 e. The molecule has 0 fully saturated rings. The summed E-state index contributed by atoms with van der Waals surface area (Å²) in [6.45, 7) is 1.93. The van der Waals surface area contributed by atoms with Gasteiger partial charge in [0, 0.05) is 18.7 Å². The standard InChI is InChI=1S/C9H15N3O3S.ClH/c1-7(5-10)12-16(13,14)8-3-4-9(15-2)11-6-8;/h3-4,6-7,12H,5,10H2,1-2H3;1H/t7-;/m0./s1. The third-order valence-electron chi connectivity index (χ3n) is 1.94. The molecule has 1 atom stereocenters.